The highest BCUT2D eigenvalue weighted by Gasteiger charge is 2.07. The molecular formula is C12H15N3O6. The van der Waals surface area contributed by atoms with Crippen molar-refractivity contribution in [1.82, 2.24) is 5.32 Å². The predicted octanol–water partition coefficient (Wildman–Crippen LogP) is 0.813. The van der Waals surface area contributed by atoms with Crippen molar-refractivity contribution in [1.29, 1.82) is 0 Å². The summed E-state index contributed by atoms with van der Waals surface area (Å²) in [5.41, 5.74) is 5.54. The summed E-state index contributed by atoms with van der Waals surface area (Å²) in [4.78, 5) is 40.3. The molecule has 0 saturated carbocycles. The quantitative estimate of drug-likeness (QED) is 0.552. The Morgan fingerprint density at radius 1 is 1.29 bits per heavy atom. The molecule has 0 heterocycles. The molecule has 1 rings (SSSR count). The van der Waals surface area contributed by atoms with Crippen LogP contribution in [0.2, 0.25) is 0 Å². The molecule has 0 spiro atoms. The molecule has 0 saturated heterocycles. The van der Waals surface area contributed by atoms with E-state index in [0.29, 0.717) is 6.42 Å². The molecule has 4 N–H and O–H groups in total. The second kappa shape index (κ2) is 9.02. The first-order valence-electron chi connectivity index (χ1n) is 5.74. The molecule has 21 heavy (non-hydrogen) atoms. The number of benzene rings is 1. The molecule has 0 aliphatic carbocycles. The third-order valence-electron chi connectivity index (χ3n) is 2.05. The molecule has 0 unspecified atom stereocenters. The molecule has 9 nitrogen and oxygen atoms in total. The Labute approximate surface area is 119 Å². The summed E-state index contributed by atoms with van der Waals surface area (Å²) in [6, 6.07) is 4.97. The number of amides is 3. The maximum absolute atomic E-state index is 11.1. The van der Waals surface area contributed by atoms with Gasteiger partial charge in [-0.2, -0.15) is 0 Å². The number of hydrogen-bond donors (Lipinski definition) is 3. The summed E-state index contributed by atoms with van der Waals surface area (Å²) in [5.74, 6) is -1.31. The molecule has 1 aromatic carbocycles. The van der Waals surface area contributed by atoms with Gasteiger partial charge in [0.1, 0.15) is 0 Å². The van der Waals surface area contributed by atoms with Crippen LogP contribution in [0.4, 0.5) is 10.5 Å². The third kappa shape index (κ3) is 9.59. The lowest BCUT2D eigenvalue weighted by molar-refractivity contribution is -0.384. The summed E-state index contributed by atoms with van der Waals surface area (Å²) in [5, 5.41) is 19.7. The number of nitro groups is 1. The maximum atomic E-state index is 11.1. The summed E-state index contributed by atoms with van der Waals surface area (Å²) in [6.45, 7) is 1.08. The highest BCUT2D eigenvalue weighted by molar-refractivity contribution is 5.93. The number of nitrogens with one attached hydrogen (secondary N) is 1. The van der Waals surface area contributed by atoms with Crippen molar-refractivity contribution in [3.63, 3.8) is 0 Å². The molecule has 0 aliphatic heterocycles. The Bertz CT molecular complexity index is 522. The number of aliphatic carboxylic acids is 1. The van der Waals surface area contributed by atoms with Crippen molar-refractivity contribution in [2.45, 2.75) is 19.8 Å². The molecule has 0 fully saturated rings. The molecule has 0 bridgehead atoms. The summed E-state index contributed by atoms with van der Waals surface area (Å²) in [7, 11) is 0. The first-order chi connectivity index (χ1) is 9.72. The Kier molecular flexibility index (Phi) is 7.74. The molecule has 3 amide bonds. The van der Waals surface area contributed by atoms with E-state index < -0.39 is 22.8 Å². The van der Waals surface area contributed by atoms with Gasteiger partial charge in [-0.25, -0.2) is 4.79 Å². The molecular weight excluding hydrogens is 282 g/mol. The van der Waals surface area contributed by atoms with Crippen LogP contribution < -0.4 is 11.1 Å². The van der Waals surface area contributed by atoms with Gasteiger partial charge >= 0.3 is 6.03 Å². The molecule has 0 aliphatic rings. The Morgan fingerprint density at radius 3 is 2.14 bits per heavy atom. The normalized spacial score (nSPS) is 9.00. The van der Waals surface area contributed by atoms with Crippen molar-refractivity contribution >= 4 is 23.6 Å². The third-order valence-corrected chi connectivity index (χ3v) is 2.05. The van der Waals surface area contributed by atoms with Gasteiger partial charge in [-0.05, 0) is 12.0 Å². The van der Waals surface area contributed by atoms with Crippen LogP contribution in [0.25, 0.3) is 0 Å². The highest BCUT2D eigenvalue weighted by atomic mass is 16.6. The van der Waals surface area contributed by atoms with Gasteiger partial charge in [0.05, 0.1) is 4.92 Å². The largest absolute Gasteiger partial charge is 0.481 e. The number of carbonyl (C=O) groups is 3. The summed E-state index contributed by atoms with van der Waals surface area (Å²) in [6.07, 6.45) is 0.484. The van der Waals surface area contributed by atoms with Crippen molar-refractivity contribution in [2.75, 3.05) is 0 Å². The number of imide groups is 1. The van der Waals surface area contributed by atoms with E-state index >= 15 is 0 Å². The molecule has 0 aromatic heterocycles. The minimum Gasteiger partial charge on any atom is -0.481 e. The van der Waals surface area contributed by atoms with Crippen LogP contribution in [0.5, 0.6) is 0 Å². The molecule has 114 valence electrons. The lowest BCUT2D eigenvalue weighted by atomic mass is 10.1. The van der Waals surface area contributed by atoms with E-state index in [2.05, 4.69) is 0 Å². The van der Waals surface area contributed by atoms with Crippen LogP contribution in [0.15, 0.2) is 24.3 Å². The number of primary amides is 1. The van der Waals surface area contributed by atoms with Crippen molar-refractivity contribution in [3.8, 4) is 0 Å². The number of non-ortho nitro benzene ring substituents is 1. The van der Waals surface area contributed by atoms with E-state index in [4.69, 9.17) is 15.6 Å². The van der Waals surface area contributed by atoms with Crippen molar-refractivity contribution in [2.24, 2.45) is 5.73 Å². The number of carboxylic acids is 1. The number of nitro benzene ring substituents is 1. The lowest BCUT2D eigenvalue weighted by Gasteiger charge is -2.01. The number of rotatable bonds is 4. The number of aryl methyl sites for hydroxylation is 1. The van der Waals surface area contributed by atoms with Gasteiger partial charge in [0.2, 0.25) is 5.91 Å². The number of carboxylic acid groups (broad SMARTS) is 1. The van der Waals surface area contributed by atoms with Crippen LogP contribution in [0, 0.1) is 10.1 Å². The van der Waals surface area contributed by atoms with Gasteiger partial charge in [0.15, 0.2) is 0 Å². The van der Waals surface area contributed by atoms with Gasteiger partial charge in [-0.3, -0.25) is 25.0 Å². The SMILES string of the molecule is CC(=O)O.NC(=O)NC(=O)CCc1ccc([N+](=O)[O-])cc1. The van der Waals surface area contributed by atoms with E-state index in [1.165, 1.54) is 12.1 Å². The first-order valence-corrected chi connectivity index (χ1v) is 5.74. The van der Waals surface area contributed by atoms with Gasteiger partial charge in [-0.15, -0.1) is 0 Å². The van der Waals surface area contributed by atoms with Gasteiger partial charge < -0.3 is 10.8 Å². The van der Waals surface area contributed by atoms with Crippen LogP contribution in [-0.2, 0) is 16.0 Å². The van der Waals surface area contributed by atoms with E-state index in [1.807, 2.05) is 5.32 Å². The molecule has 9 heteroatoms. The van der Waals surface area contributed by atoms with Gasteiger partial charge in [0, 0.05) is 25.5 Å². The number of urea groups is 1. The minimum absolute atomic E-state index is 0.00432. The highest BCUT2D eigenvalue weighted by Crippen LogP contribution is 2.12. The number of nitrogens with zero attached hydrogens (tertiary/aromatic N) is 1. The van der Waals surface area contributed by atoms with Crippen molar-refractivity contribution < 1.29 is 24.4 Å². The van der Waals surface area contributed by atoms with E-state index in [0.717, 1.165) is 12.5 Å². The number of carbonyl (C=O) groups excluding carboxylic acids is 2. The lowest BCUT2D eigenvalue weighted by Crippen LogP contribution is -2.35. The Balaban J connectivity index is 0.000000885. The van der Waals surface area contributed by atoms with E-state index in [-0.39, 0.29) is 12.1 Å². The van der Waals surface area contributed by atoms with Crippen LogP contribution in [0.1, 0.15) is 18.9 Å². The van der Waals surface area contributed by atoms with E-state index in [9.17, 15) is 19.7 Å². The Morgan fingerprint density at radius 2 is 1.76 bits per heavy atom. The number of nitrogens with two attached hydrogens (primary N) is 1. The second-order valence-corrected chi connectivity index (χ2v) is 3.86. The van der Waals surface area contributed by atoms with Crippen molar-refractivity contribution in [3.05, 3.63) is 39.9 Å². The zero-order chi connectivity index (χ0) is 16.4. The topological polar surface area (TPSA) is 153 Å². The maximum Gasteiger partial charge on any atom is 0.318 e. The van der Waals surface area contributed by atoms with Gasteiger partial charge in [-0.1, -0.05) is 12.1 Å². The van der Waals surface area contributed by atoms with E-state index in [1.54, 1.807) is 12.1 Å². The predicted molar refractivity (Wildman–Crippen MR) is 72.5 cm³/mol. The van der Waals surface area contributed by atoms with Gasteiger partial charge in [0.25, 0.3) is 11.7 Å². The van der Waals surface area contributed by atoms with Crippen LogP contribution in [-0.4, -0.2) is 27.9 Å². The zero-order valence-corrected chi connectivity index (χ0v) is 11.2. The molecule has 0 radical (unpaired) electrons. The summed E-state index contributed by atoms with van der Waals surface area (Å²) < 4.78 is 0. The zero-order valence-electron chi connectivity index (χ0n) is 11.2. The summed E-state index contributed by atoms with van der Waals surface area (Å²) >= 11 is 0. The average Bonchev–Trinajstić information content (AvgIpc) is 2.35. The van der Waals surface area contributed by atoms with Crippen LogP contribution in [0.3, 0.4) is 0 Å². The fourth-order valence-electron chi connectivity index (χ4n) is 1.24. The smallest absolute Gasteiger partial charge is 0.318 e. The van der Waals surface area contributed by atoms with Crippen LogP contribution >= 0.6 is 0 Å². The minimum atomic E-state index is -0.890. The standard InChI is InChI=1S/C10H11N3O4.C2H4O2/c11-10(15)12-9(14)6-3-7-1-4-8(5-2-7)13(16)17;1-2(3)4/h1-2,4-5H,3,6H2,(H3,11,12,14,15);1H3,(H,3,4). The number of hydrogen-bond acceptors (Lipinski definition) is 5. The average molecular weight is 297 g/mol. The first kappa shape index (κ1) is 18.0. The molecule has 1 aromatic rings. The monoisotopic (exact) mass is 297 g/mol. The second-order valence-electron chi connectivity index (χ2n) is 3.86. The Hall–Kier alpha value is -2.97. The molecule has 0 atom stereocenters. The fraction of sp³-hybridized carbons (Fsp3) is 0.250. The fourth-order valence-corrected chi connectivity index (χ4v) is 1.24.